The highest BCUT2D eigenvalue weighted by molar-refractivity contribution is 5.46. The Morgan fingerprint density at radius 1 is 1.26 bits per heavy atom. The second kappa shape index (κ2) is 5.21. The molecule has 0 spiro atoms. The van der Waals surface area contributed by atoms with Crippen molar-refractivity contribution in [2.24, 2.45) is 7.05 Å². The molecule has 0 aliphatic heterocycles. The van der Waals surface area contributed by atoms with Gasteiger partial charge in [-0.15, -0.1) is 13.2 Å². The molecule has 0 bridgehead atoms. The predicted octanol–water partition coefficient (Wildman–Crippen LogP) is 2.93. The van der Waals surface area contributed by atoms with E-state index >= 15 is 0 Å². The molecular weight excluding hydrogens is 259 g/mol. The van der Waals surface area contributed by atoms with Crippen molar-refractivity contribution < 1.29 is 17.9 Å². The van der Waals surface area contributed by atoms with Crippen LogP contribution in [-0.2, 0) is 13.6 Å². The molecule has 1 aromatic heterocycles. The average Bonchev–Trinajstić information content (AvgIpc) is 2.72. The molecule has 1 N–H and O–H groups in total. The highest BCUT2D eigenvalue weighted by Gasteiger charge is 2.30. The predicted molar refractivity (Wildman–Crippen MR) is 63.7 cm³/mol. The van der Waals surface area contributed by atoms with Gasteiger partial charge in [0, 0.05) is 31.0 Å². The van der Waals surface area contributed by atoms with Gasteiger partial charge in [-0.2, -0.15) is 5.10 Å². The van der Waals surface area contributed by atoms with Gasteiger partial charge in [0.25, 0.3) is 0 Å². The largest absolute Gasteiger partial charge is 0.573 e. The first-order valence-corrected chi connectivity index (χ1v) is 5.49. The highest BCUT2D eigenvalue weighted by atomic mass is 19.4. The summed E-state index contributed by atoms with van der Waals surface area (Å²) in [5.74, 6) is -0.237. The van der Waals surface area contributed by atoms with Crippen molar-refractivity contribution in [2.45, 2.75) is 12.9 Å². The third-order valence-electron chi connectivity index (χ3n) is 2.34. The quantitative estimate of drug-likeness (QED) is 0.929. The van der Waals surface area contributed by atoms with Crippen molar-refractivity contribution in [2.75, 3.05) is 5.32 Å². The molecule has 0 aliphatic rings. The van der Waals surface area contributed by atoms with Gasteiger partial charge in [-0.3, -0.25) is 4.68 Å². The van der Waals surface area contributed by atoms with Crippen LogP contribution < -0.4 is 10.1 Å². The summed E-state index contributed by atoms with van der Waals surface area (Å²) in [5.41, 5.74) is 1.69. The van der Waals surface area contributed by atoms with E-state index in [4.69, 9.17) is 0 Å². The first-order valence-electron chi connectivity index (χ1n) is 5.49. The van der Waals surface area contributed by atoms with Gasteiger partial charge in [0.2, 0.25) is 0 Å². The summed E-state index contributed by atoms with van der Waals surface area (Å²) < 4.78 is 41.4. The zero-order valence-corrected chi connectivity index (χ0v) is 10.1. The van der Waals surface area contributed by atoms with E-state index < -0.39 is 6.36 Å². The van der Waals surface area contributed by atoms with E-state index in [2.05, 4.69) is 15.2 Å². The second-order valence-electron chi connectivity index (χ2n) is 3.95. The molecule has 0 amide bonds. The number of nitrogens with one attached hydrogen (secondary N) is 1. The summed E-state index contributed by atoms with van der Waals surface area (Å²) in [7, 11) is 1.81. The maximum atomic E-state index is 12.0. The maximum absolute atomic E-state index is 12.0. The van der Waals surface area contributed by atoms with Gasteiger partial charge in [-0.25, -0.2) is 0 Å². The zero-order chi connectivity index (χ0) is 13.9. The molecule has 0 radical (unpaired) electrons. The molecule has 19 heavy (non-hydrogen) atoms. The van der Waals surface area contributed by atoms with Gasteiger partial charge in [-0.1, -0.05) is 0 Å². The van der Waals surface area contributed by atoms with Gasteiger partial charge in [-0.05, 0) is 24.3 Å². The third kappa shape index (κ3) is 4.20. The molecule has 102 valence electrons. The number of aryl methyl sites for hydroxylation is 1. The van der Waals surface area contributed by atoms with Crippen LogP contribution in [-0.4, -0.2) is 16.1 Å². The SMILES string of the molecule is Cn1cc(CNc2ccc(OC(F)(F)F)cc2)cn1. The van der Waals surface area contributed by atoms with E-state index in [1.807, 2.05) is 13.2 Å². The van der Waals surface area contributed by atoms with E-state index in [1.165, 1.54) is 24.3 Å². The molecule has 1 heterocycles. The van der Waals surface area contributed by atoms with Crippen LogP contribution in [0.15, 0.2) is 36.7 Å². The van der Waals surface area contributed by atoms with Crippen molar-refractivity contribution in [3.63, 3.8) is 0 Å². The number of nitrogens with zero attached hydrogens (tertiary/aromatic N) is 2. The van der Waals surface area contributed by atoms with Gasteiger partial charge in [0.05, 0.1) is 6.20 Å². The van der Waals surface area contributed by atoms with Crippen molar-refractivity contribution in [3.8, 4) is 5.75 Å². The number of rotatable bonds is 4. The minimum atomic E-state index is -4.66. The number of benzene rings is 1. The number of halogens is 3. The van der Waals surface area contributed by atoms with Crippen LogP contribution in [0.3, 0.4) is 0 Å². The number of hydrogen-bond acceptors (Lipinski definition) is 3. The minimum Gasteiger partial charge on any atom is -0.406 e. The summed E-state index contributed by atoms with van der Waals surface area (Å²) >= 11 is 0. The van der Waals surface area contributed by atoms with Crippen LogP contribution in [0, 0.1) is 0 Å². The molecular formula is C12H12F3N3O. The topological polar surface area (TPSA) is 39.1 Å². The molecule has 0 aliphatic carbocycles. The van der Waals surface area contributed by atoms with Crippen molar-refractivity contribution in [1.82, 2.24) is 9.78 Å². The molecule has 4 nitrogen and oxygen atoms in total. The minimum absolute atomic E-state index is 0.237. The smallest absolute Gasteiger partial charge is 0.406 e. The molecule has 0 saturated heterocycles. The Kier molecular flexibility index (Phi) is 3.64. The number of aromatic nitrogens is 2. The Hall–Kier alpha value is -2.18. The molecule has 0 fully saturated rings. The van der Waals surface area contributed by atoms with Gasteiger partial charge < -0.3 is 10.1 Å². The van der Waals surface area contributed by atoms with E-state index in [0.717, 1.165) is 5.56 Å². The third-order valence-corrected chi connectivity index (χ3v) is 2.34. The van der Waals surface area contributed by atoms with Crippen LogP contribution in [0.25, 0.3) is 0 Å². The molecule has 0 saturated carbocycles. The average molecular weight is 271 g/mol. The Labute approximate surface area is 107 Å². The van der Waals surface area contributed by atoms with Crippen LogP contribution in [0.2, 0.25) is 0 Å². The number of hydrogen-bond donors (Lipinski definition) is 1. The van der Waals surface area contributed by atoms with Crippen LogP contribution in [0.5, 0.6) is 5.75 Å². The monoisotopic (exact) mass is 271 g/mol. The lowest BCUT2D eigenvalue weighted by Crippen LogP contribution is -2.17. The molecule has 2 aromatic rings. The van der Waals surface area contributed by atoms with E-state index in [-0.39, 0.29) is 5.75 Å². The Balaban J connectivity index is 1.91. The molecule has 7 heteroatoms. The Bertz CT molecular complexity index is 534. The fourth-order valence-corrected chi connectivity index (χ4v) is 1.54. The summed E-state index contributed by atoms with van der Waals surface area (Å²) in [5, 5.41) is 7.09. The molecule has 1 aromatic carbocycles. The Morgan fingerprint density at radius 3 is 2.47 bits per heavy atom. The molecule has 0 atom stereocenters. The van der Waals surface area contributed by atoms with Gasteiger partial charge in [0.1, 0.15) is 5.75 Å². The lowest BCUT2D eigenvalue weighted by molar-refractivity contribution is -0.274. The molecule has 2 rings (SSSR count). The molecule has 0 unspecified atom stereocenters. The first kappa shape index (κ1) is 13.3. The number of anilines is 1. The second-order valence-corrected chi connectivity index (χ2v) is 3.95. The highest BCUT2D eigenvalue weighted by Crippen LogP contribution is 2.24. The lowest BCUT2D eigenvalue weighted by Gasteiger charge is -2.10. The van der Waals surface area contributed by atoms with Crippen molar-refractivity contribution in [1.29, 1.82) is 0 Å². The summed E-state index contributed by atoms with van der Waals surface area (Å²) in [6.07, 6.45) is -1.09. The van der Waals surface area contributed by atoms with Crippen molar-refractivity contribution >= 4 is 5.69 Å². The summed E-state index contributed by atoms with van der Waals surface area (Å²) in [6, 6.07) is 5.58. The Morgan fingerprint density at radius 2 is 1.95 bits per heavy atom. The van der Waals surface area contributed by atoms with E-state index in [1.54, 1.807) is 10.9 Å². The van der Waals surface area contributed by atoms with Crippen LogP contribution in [0.1, 0.15) is 5.56 Å². The van der Waals surface area contributed by atoms with E-state index in [0.29, 0.717) is 12.2 Å². The maximum Gasteiger partial charge on any atom is 0.573 e. The number of alkyl halides is 3. The zero-order valence-electron chi connectivity index (χ0n) is 10.1. The summed E-state index contributed by atoms with van der Waals surface area (Å²) in [6.45, 7) is 0.549. The lowest BCUT2D eigenvalue weighted by atomic mass is 10.3. The standard InChI is InChI=1S/C12H12F3N3O/c1-18-8-9(7-17-18)6-16-10-2-4-11(5-3-10)19-12(13,14)15/h2-5,7-8,16H,6H2,1H3. The van der Waals surface area contributed by atoms with Crippen LogP contribution in [0.4, 0.5) is 18.9 Å². The van der Waals surface area contributed by atoms with E-state index in [9.17, 15) is 13.2 Å². The van der Waals surface area contributed by atoms with Gasteiger partial charge >= 0.3 is 6.36 Å². The normalized spacial score (nSPS) is 11.4. The number of ether oxygens (including phenoxy) is 1. The van der Waals surface area contributed by atoms with Crippen LogP contribution >= 0.6 is 0 Å². The first-order chi connectivity index (χ1) is 8.92. The van der Waals surface area contributed by atoms with Gasteiger partial charge in [0.15, 0.2) is 0 Å². The van der Waals surface area contributed by atoms with Crippen molar-refractivity contribution in [3.05, 3.63) is 42.2 Å². The summed E-state index contributed by atoms with van der Waals surface area (Å²) in [4.78, 5) is 0. The fourth-order valence-electron chi connectivity index (χ4n) is 1.54. The fraction of sp³-hybridized carbons (Fsp3) is 0.250.